The van der Waals surface area contributed by atoms with Gasteiger partial charge in [-0.3, -0.25) is 19.2 Å². The van der Waals surface area contributed by atoms with Gasteiger partial charge in [0, 0.05) is 11.5 Å². The molecule has 2 aromatic heterocycles. The van der Waals surface area contributed by atoms with Crippen LogP contribution in [0.5, 0.6) is 5.88 Å². The van der Waals surface area contributed by atoms with Crippen LogP contribution in [-0.2, 0) is 16.6 Å². The van der Waals surface area contributed by atoms with Crippen LogP contribution in [0, 0.1) is 24.7 Å². The molecule has 0 spiro atoms. The molecule has 186 valence electrons. The first-order valence-corrected chi connectivity index (χ1v) is 12.9. The lowest BCUT2D eigenvalue weighted by atomic mass is 10.0. The monoisotopic (exact) mass is 550 g/mol. The molecule has 2 fully saturated rings. The highest BCUT2D eigenvalue weighted by Crippen LogP contribution is 2.47. The Morgan fingerprint density at radius 1 is 1.22 bits per heavy atom. The summed E-state index contributed by atoms with van der Waals surface area (Å²) < 4.78 is 8.84. The minimum absolute atomic E-state index is 0.242. The van der Waals surface area contributed by atoms with E-state index in [2.05, 4.69) is 38.9 Å². The number of aromatic nitrogens is 3. The first-order valence-electron chi connectivity index (χ1n) is 12.1. The van der Waals surface area contributed by atoms with Gasteiger partial charge in [0.15, 0.2) is 5.52 Å². The van der Waals surface area contributed by atoms with Crippen LogP contribution in [0.25, 0.3) is 11.0 Å². The zero-order valence-electron chi connectivity index (χ0n) is 20.4. The summed E-state index contributed by atoms with van der Waals surface area (Å²) in [5.74, 6) is 5.02. The molecule has 0 unspecified atom stereocenters. The van der Waals surface area contributed by atoms with Crippen molar-refractivity contribution in [1.82, 2.24) is 14.8 Å². The summed E-state index contributed by atoms with van der Waals surface area (Å²) in [5, 5.41) is 13.8. The highest BCUT2D eigenvalue weighted by Gasteiger charge is 2.33. The van der Waals surface area contributed by atoms with Crippen molar-refractivity contribution >= 4 is 50.3 Å². The SMILES string of the molecule is CC#CC(=O)N(c1ccc2c(n1)c(O[C@H]1CC[C@@H](C(=O)O)C1)nn2C)c1cc(C)c(Br)cc1C1CC1. The van der Waals surface area contributed by atoms with Gasteiger partial charge < -0.3 is 9.84 Å². The average Bonchev–Trinajstić information content (AvgIpc) is 3.50. The number of ether oxygens (including phenoxy) is 1. The van der Waals surface area contributed by atoms with E-state index in [1.165, 1.54) is 0 Å². The van der Waals surface area contributed by atoms with Crippen LogP contribution in [0.4, 0.5) is 11.5 Å². The molecule has 2 aliphatic carbocycles. The van der Waals surface area contributed by atoms with Crippen LogP contribution >= 0.6 is 15.9 Å². The molecule has 36 heavy (non-hydrogen) atoms. The molecule has 0 saturated heterocycles. The average molecular weight is 551 g/mol. The van der Waals surface area contributed by atoms with Crippen LogP contribution in [0.1, 0.15) is 56.1 Å². The molecule has 2 atom stereocenters. The predicted octanol–water partition coefficient (Wildman–Crippen LogP) is 5.24. The maximum absolute atomic E-state index is 13.3. The molecule has 0 bridgehead atoms. The fourth-order valence-electron chi connectivity index (χ4n) is 4.83. The molecular weight excluding hydrogens is 524 g/mol. The Kier molecular flexibility index (Phi) is 6.47. The van der Waals surface area contributed by atoms with E-state index in [1.54, 1.807) is 29.6 Å². The highest BCUT2D eigenvalue weighted by molar-refractivity contribution is 9.10. The number of carboxylic acids is 1. The van der Waals surface area contributed by atoms with Crippen molar-refractivity contribution in [3.05, 3.63) is 39.9 Å². The third-order valence-corrected chi connectivity index (χ3v) is 7.75. The van der Waals surface area contributed by atoms with Crippen LogP contribution in [0.3, 0.4) is 0 Å². The standard InChI is InChI=1S/C27H27BrN4O4/c1-4-5-24(33)32(22-12-15(2)20(28)14-19(22)16-6-7-16)23-11-10-21-25(29-23)26(30-31(21)3)36-18-9-8-17(13-18)27(34)35/h10-12,14,16-18H,6-9,13H2,1-3H3,(H,34,35)/t17-,18+/m1/s1. The summed E-state index contributed by atoms with van der Waals surface area (Å²) in [6.45, 7) is 3.63. The number of nitrogens with zero attached hydrogens (tertiary/aromatic N) is 4. The topological polar surface area (TPSA) is 97.6 Å². The number of benzene rings is 1. The number of carbonyl (C=O) groups is 2. The zero-order chi connectivity index (χ0) is 25.6. The number of anilines is 2. The molecule has 5 rings (SSSR count). The number of carbonyl (C=O) groups excluding carboxylic acids is 1. The number of carboxylic acid groups (broad SMARTS) is 1. The molecule has 1 N–H and O–H groups in total. The van der Waals surface area contributed by atoms with Crippen molar-refractivity contribution in [3.63, 3.8) is 0 Å². The minimum atomic E-state index is -0.796. The number of amides is 1. The van der Waals surface area contributed by atoms with E-state index < -0.39 is 11.9 Å². The minimum Gasteiger partial charge on any atom is -0.481 e. The Morgan fingerprint density at radius 3 is 2.67 bits per heavy atom. The van der Waals surface area contributed by atoms with Crippen molar-refractivity contribution in [2.24, 2.45) is 13.0 Å². The maximum atomic E-state index is 13.3. The summed E-state index contributed by atoms with van der Waals surface area (Å²) in [4.78, 5) is 31.1. The van der Waals surface area contributed by atoms with Gasteiger partial charge in [0.05, 0.1) is 17.1 Å². The molecular formula is C27H27BrN4O4. The van der Waals surface area contributed by atoms with E-state index in [0.29, 0.717) is 42.4 Å². The van der Waals surface area contributed by atoms with E-state index >= 15 is 0 Å². The number of hydrogen-bond acceptors (Lipinski definition) is 5. The van der Waals surface area contributed by atoms with Crippen LogP contribution in [0.2, 0.25) is 0 Å². The second-order valence-corrected chi connectivity index (χ2v) is 10.4. The summed E-state index contributed by atoms with van der Waals surface area (Å²) >= 11 is 3.64. The number of aryl methyl sites for hydroxylation is 2. The van der Waals surface area contributed by atoms with Gasteiger partial charge in [-0.05, 0) is 93.2 Å². The van der Waals surface area contributed by atoms with Gasteiger partial charge in [0.1, 0.15) is 11.9 Å². The number of fused-ring (bicyclic) bond motifs is 1. The Labute approximate surface area is 217 Å². The molecule has 3 aromatic rings. The fraction of sp³-hybridized carbons (Fsp3) is 0.407. The van der Waals surface area contributed by atoms with Gasteiger partial charge in [-0.15, -0.1) is 5.10 Å². The van der Waals surface area contributed by atoms with Crippen LogP contribution in [0.15, 0.2) is 28.7 Å². The van der Waals surface area contributed by atoms with Crippen molar-refractivity contribution in [1.29, 1.82) is 0 Å². The van der Waals surface area contributed by atoms with Crippen molar-refractivity contribution < 1.29 is 19.4 Å². The lowest BCUT2D eigenvalue weighted by molar-refractivity contribution is -0.141. The van der Waals surface area contributed by atoms with Crippen molar-refractivity contribution in [3.8, 4) is 17.7 Å². The van der Waals surface area contributed by atoms with Crippen molar-refractivity contribution in [2.45, 2.75) is 58.0 Å². The number of pyridine rings is 1. The Balaban J connectivity index is 1.58. The quantitative estimate of drug-likeness (QED) is 0.421. The number of halogens is 1. The molecule has 8 nitrogen and oxygen atoms in total. The lowest BCUT2D eigenvalue weighted by Crippen LogP contribution is -2.26. The maximum Gasteiger partial charge on any atom is 0.308 e. The van der Waals surface area contributed by atoms with E-state index in [-0.39, 0.29) is 12.0 Å². The Hall–Kier alpha value is -3.38. The van der Waals surface area contributed by atoms with E-state index in [1.807, 2.05) is 19.1 Å². The largest absolute Gasteiger partial charge is 0.481 e. The highest BCUT2D eigenvalue weighted by atomic mass is 79.9. The predicted molar refractivity (Wildman–Crippen MR) is 139 cm³/mol. The van der Waals surface area contributed by atoms with Gasteiger partial charge in [-0.1, -0.05) is 21.9 Å². The molecule has 1 amide bonds. The smallest absolute Gasteiger partial charge is 0.308 e. The normalized spacial score (nSPS) is 19.1. The lowest BCUT2D eigenvalue weighted by Gasteiger charge is -2.24. The van der Waals surface area contributed by atoms with E-state index in [0.717, 1.165) is 39.6 Å². The molecule has 2 aliphatic rings. The van der Waals surface area contributed by atoms with E-state index in [4.69, 9.17) is 9.72 Å². The zero-order valence-corrected chi connectivity index (χ0v) is 22.0. The fourth-order valence-corrected chi connectivity index (χ4v) is 5.19. The number of hydrogen-bond donors (Lipinski definition) is 1. The molecule has 0 aliphatic heterocycles. The second kappa shape index (κ2) is 9.58. The Morgan fingerprint density at radius 2 is 2.00 bits per heavy atom. The van der Waals surface area contributed by atoms with Gasteiger partial charge in [0.2, 0.25) is 0 Å². The molecule has 2 saturated carbocycles. The molecule has 9 heteroatoms. The third kappa shape index (κ3) is 4.58. The summed E-state index contributed by atoms with van der Waals surface area (Å²) in [7, 11) is 1.81. The summed E-state index contributed by atoms with van der Waals surface area (Å²) in [6, 6.07) is 7.77. The van der Waals surface area contributed by atoms with Gasteiger partial charge in [0.25, 0.3) is 5.88 Å². The number of rotatable bonds is 6. The van der Waals surface area contributed by atoms with Gasteiger partial charge in [-0.2, -0.15) is 0 Å². The second-order valence-electron chi connectivity index (χ2n) is 9.50. The molecule has 2 heterocycles. The first kappa shape index (κ1) is 24.3. The Bertz CT molecular complexity index is 1430. The third-order valence-electron chi connectivity index (χ3n) is 6.89. The van der Waals surface area contributed by atoms with E-state index in [9.17, 15) is 14.7 Å². The summed E-state index contributed by atoms with van der Waals surface area (Å²) in [5.41, 5.74) is 4.17. The molecule has 1 aromatic carbocycles. The first-order chi connectivity index (χ1) is 17.3. The number of aliphatic carboxylic acids is 1. The van der Waals surface area contributed by atoms with Gasteiger partial charge in [-0.25, -0.2) is 4.98 Å². The van der Waals surface area contributed by atoms with Crippen LogP contribution < -0.4 is 9.64 Å². The van der Waals surface area contributed by atoms with Crippen LogP contribution in [-0.4, -0.2) is 37.9 Å². The van der Waals surface area contributed by atoms with Gasteiger partial charge >= 0.3 is 11.9 Å². The summed E-state index contributed by atoms with van der Waals surface area (Å²) in [6.07, 6.45) is 3.58. The van der Waals surface area contributed by atoms with Crippen molar-refractivity contribution in [2.75, 3.05) is 4.90 Å². The molecule has 0 radical (unpaired) electrons.